The van der Waals surface area contributed by atoms with E-state index in [1.54, 1.807) is 0 Å². The van der Waals surface area contributed by atoms with Crippen molar-refractivity contribution in [3.8, 4) is 0 Å². The van der Waals surface area contributed by atoms with Gasteiger partial charge in [-0.15, -0.1) is 0 Å². The minimum atomic E-state index is -1.00. The molecule has 0 aromatic heterocycles. The summed E-state index contributed by atoms with van der Waals surface area (Å²) in [6, 6.07) is 0.0111. The Labute approximate surface area is 152 Å². The van der Waals surface area contributed by atoms with Gasteiger partial charge in [-0.05, 0) is 36.5 Å². The Morgan fingerprint density at radius 3 is 2.44 bits per heavy atom. The summed E-state index contributed by atoms with van der Waals surface area (Å²) in [7, 11) is 0. The molecule has 25 heavy (non-hydrogen) atoms. The van der Waals surface area contributed by atoms with Crippen molar-refractivity contribution in [2.45, 2.75) is 85.1 Å². The predicted molar refractivity (Wildman–Crippen MR) is 98.8 cm³/mol. The fraction of sp³-hybridized carbons (Fsp3) is 0.895. The molecule has 2 amide bonds. The molecule has 0 aliphatic heterocycles. The molecule has 1 aliphatic rings. The van der Waals surface area contributed by atoms with Crippen LogP contribution in [0.2, 0.25) is 0 Å². The second-order valence-electron chi connectivity index (χ2n) is 8.61. The van der Waals surface area contributed by atoms with Crippen LogP contribution in [-0.4, -0.2) is 36.5 Å². The van der Waals surface area contributed by atoms with E-state index < -0.39 is 6.09 Å². The Hall–Kier alpha value is -1.46. The first-order valence-corrected chi connectivity index (χ1v) is 9.56. The first-order valence-electron chi connectivity index (χ1n) is 9.56. The average Bonchev–Trinajstić information content (AvgIpc) is 2.47. The highest BCUT2D eigenvalue weighted by Crippen LogP contribution is 2.45. The molecular formula is C19H36N2O4. The molecular weight excluding hydrogens is 320 g/mol. The molecule has 2 unspecified atom stereocenters. The molecule has 1 fully saturated rings. The molecule has 1 aliphatic carbocycles. The topological polar surface area (TPSA) is 87.7 Å². The number of amides is 2. The summed E-state index contributed by atoms with van der Waals surface area (Å²) in [6.45, 7) is 9.45. The van der Waals surface area contributed by atoms with Crippen LogP contribution in [0.5, 0.6) is 0 Å². The van der Waals surface area contributed by atoms with E-state index in [0.29, 0.717) is 13.2 Å². The smallest absolute Gasteiger partial charge is 0.407 e. The van der Waals surface area contributed by atoms with E-state index in [1.807, 2.05) is 0 Å². The third-order valence-corrected chi connectivity index (χ3v) is 4.91. The number of hydrogen-bond acceptors (Lipinski definition) is 3. The van der Waals surface area contributed by atoms with Crippen molar-refractivity contribution in [2.24, 2.45) is 10.8 Å². The van der Waals surface area contributed by atoms with Crippen LogP contribution in [0.25, 0.3) is 0 Å². The normalized spacial score (nSPS) is 25.2. The number of nitrogens with one attached hydrogen (secondary N) is 2. The maximum absolute atomic E-state index is 12.0. The number of carbonyl (C=O) groups is 2. The molecule has 0 heterocycles. The van der Waals surface area contributed by atoms with Gasteiger partial charge in [-0.25, -0.2) is 9.59 Å². The number of rotatable bonds is 9. The maximum Gasteiger partial charge on any atom is 0.407 e. The third-order valence-electron chi connectivity index (χ3n) is 4.91. The van der Waals surface area contributed by atoms with Crippen LogP contribution in [0.1, 0.15) is 79.1 Å². The van der Waals surface area contributed by atoms with E-state index in [9.17, 15) is 9.59 Å². The van der Waals surface area contributed by atoms with Crippen molar-refractivity contribution < 1.29 is 19.4 Å². The third kappa shape index (κ3) is 8.98. The molecule has 2 atom stereocenters. The van der Waals surface area contributed by atoms with E-state index in [-0.39, 0.29) is 23.0 Å². The van der Waals surface area contributed by atoms with Gasteiger partial charge in [0.1, 0.15) is 0 Å². The lowest BCUT2D eigenvalue weighted by Crippen LogP contribution is -2.50. The van der Waals surface area contributed by atoms with Gasteiger partial charge < -0.3 is 20.5 Å². The Morgan fingerprint density at radius 1 is 1.12 bits per heavy atom. The largest absolute Gasteiger partial charge is 0.465 e. The first kappa shape index (κ1) is 21.6. The van der Waals surface area contributed by atoms with E-state index in [1.165, 1.54) is 19.3 Å². The van der Waals surface area contributed by atoms with Gasteiger partial charge >= 0.3 is 12.2 Å². The van der Waals surface area contributed by atoms with Gasteiger partial charge in [0.05, 0.1) is 6.61 Å². The van der Waals surface area contributed by atoms with Crippen molar-refractivity contribution in [1.82, 2.24) is 10.6 Å². The zero-order valence-electron chi connectivity index (χ0n) is 16.3. The lowest BCUT2D eigenvalue weighted by atomic mass is 9.62. The van der Waals surface area contributed by atoms with Gasteiger partial charge in [0.2, 0.25) is 0 Å². The van der Waals surface area contributed by atoms with E-state index in [0.717, 1.165) is 32.1 Å². The number of carbonyl (C=O) groups excluding carboxylic acids is 1. The molecule has 0 aromatic carbocycles. The second kappa shape index (κ2) is 9.88. The van der Waals surface area contributed by atoms with Gasteiger partial charge in [-0.3, -0.25) is 0 Å². The second-order valence-corrected chi connectivity index (χ2v) is 8.61. The fourth-order valence-electron chi connectivity index (χ4n) is 4.24. The standard InChI is InChI=1S/C19H36N2O4/c1-5-6-7-8-9-10-25-17(24)21-15-11-18(2,3)13-19(4,12-15)14-20-16(22)23/h15,20H,5-14H2,1-4H3,(H,21,24)(H,22,23). The summed E-state index contributed by atoms with van der Waals surface area (Å²) in [5.41, 5.74) is -0.122. The number of ether oxygens (including phenoxy) is 1. The van der Waals surface area contributed by atoms with Crippen molar-refractivity contribution >= 4 is 12.2 Å². The average molecular weight is 357 g/mol. The summed E-state index contributed by atoms with van der Waals surface area (Å²) < 4.78 is 5.30. The van der Waals surface area contributed by atoms with Gasteiger partial charge in [0, 0.05) is 12.6 Å². The first-order chi connectivity index (χ1) is 11.7. The number of hydrogen-bond donors (Lipinski definition) is 3. The van der Waals surface area contributed by atoms with Gasteiger partial charge in [0.25, 0.3) is 0 Å². The van der Waals surface area contributed by atoms with Crippen LogP contribution in [0.3, 0.4) is 0 Å². The lowest BCUT2D eigenvalue weighted by Gasteiger charge is -2.46. The highest BCUT2D eigenvalue weighted by Gasteiger charge is 2.42. The fourth-order valence-corrected chi connectivity index (χ4v) is 4.24. The lowest BCUT2D eigenvalue weighted by molar-refractivity contribution is 0.0645. The molecule has 0 bridgehead atoms. The predicted octanol–water partition coefficient (Wildman–Crippen LogP) is 4.54. The summed E-state index contributed by atoms with van der Waals surface area (Å²) >= 11 is 0. The van der Waals surface area contributed by atoms with Crippen molar-refractivity contribution in [1.29, 1.82) is 0 Å². The Bertz CT molecular complexity index is 439. The van der Waals surface area contributed by atoms with Gasteiger partial charge in [0.15, 0.2) is 0 Å². The summed E-state index contributed by atoms with van der Waals surface area (Å²) in [5.74, 6) is 0. The molecule has 0 aromatic rings. The molecule has 6 nitrogen and oxygen atoms in total. The van der Waals surface area contributed by atoms with Gasteiger partial charge in [-0.1, -0.05) is 53.4 Å². The van der Waals surface area contributed by atoms with Gasteiger partial charge in [-0.2, -0.15) is 0 Å². The number of unbranched alkanes of at least 4 members (excludes halogenated alkanes) is 4. The molecule has 0 radical (unpaired) electrons. The van der Waals surface area contributed by atoms with E-state index in [4.69, 9.17) is 9.84 Å². The molecule has 1 saturated carbocycles. The van der Waals surface area contributed by atoms with Crippen LogP contribution in [0.15, 0.2) is 0 Å². The molecule has 0 saturated heterocycles. The molecule has 3 N–H and O–H groups in total. The maximum atomic E-state index is 12.0. The molecule has 1 rings (SSSR count). The van der Waals surface area contributed by atoms with Crippen molar-refractivity contribution in [2.75, 3.05) is 13.2 Å². The summed E-state index contributed by atoms with van der Waals surface area (Å²) in [4.78, 5) is 22.9. The van der Waals surface area contributed by atoms with Crippen LogP contribution in [0.4, 0.5) is 9.59 Å². The van der Waals surface area contributed by atoms with Crippen LogP contribution < -0.4 is 10.6 Å². The molecule has 6 heteroatoms. The highest BCUT2D eigenvalue weighted by atomic mass is 16.5. The van der Waals surface area contributed by atoms with E-state index in [2.05, 4.69) is 38.3 Å². The molecule has 146 valence electrons. The zero-order valence-corrected chi connectivity index (χ0v) is 16.3. The van der Waals surface area contributed by atoms with Crippen LogP contribution >= 0.6 is 0 Å². The minimum absolute atomic E-state index is 0.0111. The number of alkyl carbamates (subject to hydrolysis) is 1. The zero-order chi connectivity index (χ0) is 18.9. The summed E-state index contributed by atoms with van der Waals surface area (Å²) in [6.07, 6.45) is 6.81. The highest BCUT2D eigenvalue weighted by molar-refractivity contribution is 5.67. The quantitative estimate of drug-likeness (QED) is 0.529. The van der Waals surface area contributed by atoms with Crippen molar-refractivity contribution in [3.05, 3.63) is 0 Å². The van der Waals surface area contributed by atoms with Crippen LogP contribution in [0, 0.1) is 10.8 Å². The van der Waals surface area contributed by atoms with Crippen molar-refractivity contribution in [3.63, 3.8) is 0 Å². The van der Waals surface area contributed by atoms with E-state index >= 15 is 0 Å². The Balaban J connectivity index is 2.42. The minimum Gasteiger partial charge on any atom is -0.465 e. The van der Waals surface area contributed by atoms with Crippen LogP contribution in [-0.2, 0) is 4.74 Å². The monoisotopic (exact) mass is 356 g/mol. The Morgan fingerprint density at radius 2 is 1.80 bits per heavy atom. The number of carboxylic acid groups (broad SMARTS) is 1. The molecule has 0 spiro atoms. The SMILES string of the molecule is CCCCCCCOC(=O)NC1CC(C)(C)CC(C)(CNC(=O)O)C1. The Kier molecular flexibility index (Phi) is 8.53. The summed E-state index contributed by atoms with van der Waals surface area (Å²) in [5, 5.41) is 14.4.